The summed E-state index contributed by atoms with van der Waals surface area (Å²) in [6.07, 6.45) is 8.28. The molecule has 1 aromatic carbocycles. The molecule has 1 aromatic rings. The second-order valence-corrected chi connectivity index (χ2v) is 9.72. The Morgan fingerprint density at radius 1 is 0.968 bits per heavy atom. The van der Waals surface area contributed by atoms with Gasteiger partial charge in [-0.1, -0.05) is 19.1 Å². The van der Waals surface area contributed by atoms with Crippen LogP contribution in [-0.4, -0.2) is 29.0 Å². The third-order valence-corrected chi connectivity index (χ3v) is 7.03. The summed E-state index contributed by atoms with van der Waals surface area (Å²) < 4.78 is 0. The average molecular weight is 425 g/mol. The van der Waals surface area contributed by atoms with Gasteiger partial charge in [-0.3, -0.25) is 14.4 Å². The average Bonchev–Trinajstić information content (AvgIpc) is 2.71. The SMILES string of the molecule is CCc1ccc(NC(=O)C(=O)N/N=C(\C)CC(=O)NC23CC4CC(CC(C4)C2)C3)cc1. The number of hydrogen-bond acceptors (Lipinski definition) is 4. The number of hydrazone groups is 1. The highest BCUT2D eigenvalue weighted by Gasteiger charge is 2.51. The van der Waals surface area contributed by atoms with Crippen molar-refractivity contribution < 1.29 is 14.4 Å². The third kappa shape index (κ3) is 5.14. The Hall–Kier alpha value is -2.70. The largest absolute Gasteiger partial charge is 0.350 e. The van der Waals surface area contributed by atoms with Crippen molar-refractivity contribution in [1.29, 1.82) is 0 Å². The number of hydrogen-bond donors (Lipinski definition) is 3. The van der Waals surface area contributed by atoms with Crippen molar-refractivity contribution in [2.45, 2.75) is 70.8 Å². The fraction of sp³-hybridized carbons (Fsp3) is 0.583. The van der Waals surface area contributed by atoms with Gasteiger partial charge in [-0.2, -0.15) is 5.10 Å². The molecule has 5 rings (SSSR count). The molecule has 0 spiro atoms. The number of anilines is 1. The second-order valence-electron chi connectivity index (χ2n) is 9.72. The standard InChI is InChI=1S/C24H32N4O3/c1-3-16-4-6-20(7-5-16)25-22(30)23(31)28-27-15(2)8-21(29)26-24-12-17-9-18(13-24)11-19(10-17)14-24/h4-7,17-19H,3,8-14H2,1-2H3,(H,25,30)(H,26,29)(H,28,31)/b27-15+. The first kappa shape index (κ1) is 21.5. The lowest BCUT2D eigenvalue weighted by molar-refractivity contribution is -0.136. The minimum absolute atomic E-state index is 0.0391. The van der Waals surface area contributed by atoms with E-state index in [2.05, 4.69) is 21.2 Å². The molecule has 0 heterocycles. The second kappa shape index (κ2) is 8.81. The van der Waals surface area contributed by atoms with Gasteiger partial charge in [0.2, 0.25) is 5.91 Å². The van der Waals surface area contributed by atoms with Gasteiger partial charge in [0.05, 0.1) is 6.42 Å². The zero-order valence-corrected chi connectivity index (χ0v) is 18.4. The lowest BCUT2D eigenvalue weighted by Crippen LogP contribution is -2.60. The van der Waals surface area contributed by atoms with Crippen LogP contribution in [0.2, 0.25) is 0 Å². The predicted molar refractivity (Wildman–Crippen MR) is 119 cm³/mol. The summed E-state index contributed by atoms with van der Waals surface area (Å²) in [6.45, 7) is 3.73. The Bertz CT molecular complexity index is 855. The molecule has 3 amide bonds. The lowest BCUT2D eigenvalue weighted by Gasteiger charge is -2.56. The van der Waals surface area contributed by atoms with Crippen LogP contribution in [0.3, 0.4) is 0 Å². The van der Waals surface area contributed by atoms with Crippen LogP contribution in [0.5, 0.6) is 0 Å². The van der Waals surface area contributed by atoms with E-state index in [1.807, 2.05) is 19.1 Å². The van der Waals surface area contributed by atoms with E-state index >= 15 is 0 Å². The summed E-state index contributed by atoms with van der Waals surface area (Å²) in [5.41, 5.74) is 4.37. The highest BCUT2D eigenvalue weighted by molar-refractivity contribution is 6.39. The lowest BCUT2D eigenvalue weighted by atomic mass is 9.53. The van der Waals surface area contributed by atoms with Gasteiger partial charge in [0, 0.05) is 16.9 Å². The van der Waals surface area contributed by atoms with Gasteiger partial charge in [-0.25, -0.2) is 5.43 Å². The molecule has 4 aliphatic carbocycles. The molecule has 0 aromatic heterocycles. The van der Waals surface area contributed by atoms with Crippen molar-refractivity contribution in [3.05, 3.63) is 29.8 Å². The topological polar surface area (TPSA) is 99.7 Å². The number of carbonyl (C=O) groups is 3. The van der Waals surface area contributed by atoms with Gasteiger partial charge >= 0.3 is 11.8 Å². The van der Waals surface area contributed by atoms with Gasteiger partial charge < -0.3 is 10.6 Å². The van der Waals surface area contributed by atoms with Crippen LogP contribution in [-0.2, 0) is 20.8 Å². The van der Waals surface area contributed by atoms with E-state index in [9.17, 15) is 14.4 Å². The van der Waals surface area contributed by atoms with Crippen LogP contribution in [0.4, 0.5) is 5.69 Å². The number of nitrogens with one attached hydrogen (secondary N) is 3. The molecule has 7 nitrogen and oxygen atoms in total. The maximum Gasteiger partial charge on any atom is 0.329 e. The smallest absolute Gasteiger partial charge is 0.329 e. The molecule has 0 atom stereocenters. The molecule has 4 fully saturated rings. The molecular weight excluding hydrogens is 392 g/mol. The first-order chi connectivity index (χ1) is 14.8. The van der Waals surface area contributed by atoms with E-state index in [1.165, 1.54) is 19.3 Å². The Morgan fingerprint density at radius 2 is 1.55 bits per heavy atom. The molecule has 0 unspecified atom stereocenters. The van der Waals surface area contributed by atoms with E-state index in [0.29, 0.717) is 11.4 Å². The van der Waals surface area contributed by atoms with Crippen LogP contribution in [0.25, 0.3) is 0 Å². The quantitative estimate of drug-likeness (QED) is 0.372. The molecular formula is C24H32N4O3. The zero-order chi connectivity index (χ0) is 22.0. The van der Waals surface area contributed by atoms with E-state index in [-0.39, 0.29) is 17.9 Å². The van der Waals surface area contributed by atoms with Gasteiger partial charge in [0.15, 0.2) is 0 Å². The summed E-state index contributed by atoms with van der Waals surface area (Å²) in [4.78, 5) is 36.7. The highest BCUT2D eigenvalue weighted by atomic mass is 16.2. The molecule has 4 aliphatic rings. The van der Waals surface area contributed by atoms with Gasteiger partial charge in [0.1, 0.15) is 0 Å². The number of nitrogens with zero attached hydrogens (tertiary/aromatic N) is 1. The zero-order valence-electron chi connectivity index (χ0n) is 18.4. The summed E-state index contributed by atoms with van der Waals surface area (Å²) in [6, 6.07) is 7.32. The van der Waals surface area contributed by atoms with Gasteiger partial charge in [0.25, 0.3) is 0 Å². The fourth-order valence-electron chi connectivity index (χ4n) is 6.08. The number of rotatable bonds is 6. The van der Waals surface area contributed by atoms with Crippen LogP contribution in [0.15, 0.2) is 29.4 Å². The summed E-state index contributed by atoms with van der Waals surface area (Å²) in [7, 11) is 0. The number of carbonyl (C=O) groups excluding carboxylic acids is 3. The number of aryl methyl sites for hydroxylation is 1. The van der Waals surface area contributed by atoms with Crippen LogP contribution >= 0.6 is 0 Å². The highest BCUT2D eigenvalue weighted by Crippen LogP contribution is 2.55. The van der Waals surface area contributed by atoms with Crippen molar-refractivity contribution in [2.24, 2.45) is 22.9 Å². The maximum atomic E-state index is 12.6. The summed E-state index contributed by atoms with van der Waals surface area (Å²) in [5.74, 6) is 0.573. The Labute approximate surface area is 183 Å². The van der Waals surface area contributed by atoms with E-state index in [1.54, 1.807) is 19.1 Å². The van der Waals surface area contributed by atoms with Crippen LogP contribution in [0, 0.1) is 17.8 Å². The summed E-state index contributed by atoms with van der Waals surface area (Å²) in [5, 5.41) is 9.78. The first-order valence-corrected chi connectivity index (χ1v) is 11.4. The molecule has 4 saturated carbocycles. The van der Waals surface area contributed by atoms with Gasteiger partial charge in [-0.15, -0.1) is 0 Å². The van der Waals surface area contributed by atoms with E-state index < -0.39 is 11.8 Å². The van der Waals surface area contributed by atoms with E-state index in [4.69, 9.17) is 0 Å². The Kier molecular flexibility index (Phi) is 6.12. The monoisotopic (exact) mass is 424 g/mol. The van der Waals surface area contributed by atoms with Crippen LogP contribution in [0.1, 0.15) is 64.4 Å². The fourth-order valence-corrected chi connectivity index (χ4v) is 6.08. The molecule has 166 valence electrons. The molecule has 0 saturated heterocycles. The van der Waals surface area contributed by atoms with Crippen molar-refractivity contribution in [3.8, 4) is 0 Å². The maximum absolute atomic E-state index is 12.6. The third-order valence-electron chi connectivity index (χ3n) is 7.03. The van der Waals surface area contributed by atoms with Crippen LogP contribution < -0.4 is 16.1 Å². The minimum atomic E-state index is -0.861. The van der Waals surface area contributed by atoms with Crippen molar-refractivity contribution in [1.82, 2.24) is 10.7 Å². The molecule has 7 heteroatoms. The van der Waals surface area contributed by atoms with Gasteiger partial charge in [-0.05, 0) is 87.3 Å². The minimum Gasteiger partial charge on any atom is -0.350 e. The molecule has 0 radical (unpaired) electrons. The Morgan fingerprint density at radius 3 is 2.10 bits per heavy atom. The number of amides is 3. The first-order valence-electron chi connectivity index (χ1n) is 11.4. The summed E-state index contributed by atoms with van der Waals surface area (Å²) >= 11 is 0. The van der Waals surface area contributed by atoms with Crippen molar-refractivity contribution in [3.63, 3.8) is 0 Å². The molecule has 3 N–H and O–H groups in total. The van der Waals surface area contributed by atoms with E-state index in [0.717, 1.165) is 49.0 Å². The predicted octanol–water partition coefficient (Wildman–Crippen LogP) is 3.15. The molecule has 4 bridgehead atoms. The normalized spacial score (nSPS) is 28.8. The Balaban J connectivity index is 1.25. The molecule has 0 aliphatic heterocycles. The van der Waals surface area contributed by atoms with Crippen molar-refractivity contribution >= 4 is 29.1 Å². The van der Waals surface area contributed by atoms with Crippen molar-refractivity contribution in [2.75, 3.05) is 5.32 Å². The number of benzene rings is 1. The molecule has 31 heavy (non-hydrogen) atoms.